The Kier molecular flexibility index (Phi) is 4.75. The van der Waals surface area contributed by atoms with E-state index in [0.717, 1.165) is 23.3 Å². The third-order valence-corrected chi connectivity index (χ3v) is 3.25. The number of ether oxygens (including phenoxy) is 1. The first-order valence-electron chi connectivity index (χ1n) is 6.22. The van der Waals surface area contributed by atoms with Gasteiger partial charge in [0.25, 0.3) is 0 Å². The van der Waals surface area contributed by atoms with E-state index in [0.29, 0.717) is 17.2 Å². The van der Waals surface area contributed by atoms with Crippen molar-refractivity contribution < 1.29 is 14.1 Å². The quantitative estimate of drug-likeness (QED) is 0.468. The van der Waals surface area contributed by atoms with E-state index in [2.05, 4.69) is 0 Å². The van der Waals surface area contributed by atoms with Crippen LogP contribution in [0.15, 0.2) is 36.4 Å². The van der Waals surface area contributed by atoms with Gasteiger partial charge in [-0.05, 0) is 30.7 Å². The van der Waals surface area contributed by atoms with Crippen molar-refractivity contribution in [3.63, 3.8) is 0 Å². The van der Waals surface area contributed by atoms with Gasteiger partial charge in [0.05, 0.1) is 10.8 Å². The highest BCUT2D eigenvalue weighted by atomic mass is 35.5. The summed E-state index contributed by atoms with van der Waals surface area (Å²) in [6.07, 6.45) is 0. The number of benzene rings is 2. The second-order valence-electron chi connectivity index (χ2n) is 4.58. The van der Waals surface area contributed by atoms with Gasteiger partial charge < -0.3 is 4.74 Å². The summed E-state index contributed by atoms with van der Waals surface area (Å²) >= 11 is 5.85. The Bertz CT molecular complexity index is 676. The lowest BCUT2D eigenvalue weighted by atomic mass is 10.1. The molecule has 21 heavy (non-hydrogen) atoms. The van der Waals surface area contributed by atoms with Crippen molar-refractivity contribution in [1.82, 2.24) is 0 Å². The minimum Gasteiger partial charge on any atom is -0.489 e. The molecule has 0 spiro atoms. The zero-order valence-electron chi connectivity index (χ0n) is 11.3. The Labute approximate surface area is 126 Å². The molecule has 0 bridgehead atoms. The van der Waals surface area contributed by atoms with Crippen LogP contribution in [-0.4, -0.2) is 4.92 Å². The van der Waals surface area contributed by atoms with E-state index < -0.39 is 16.4 Å². The molecule has 0 saturated carbocycles. The van der Waals surface area contributed by atoms with Gasteiger partial charge in [0, 0.05) is 11.6 Å². The van der Waals surface area contributed by atoms with Gasteiger partial charge in [-0.25, -0.2) is 0 Å². The van der Waals surface area contributed by atoms with Gasteiger partial charge in [-0.1, -0.05) is 17.7 Å². The van der Waals surface area contributed by atoms with E-state index in [4.69, 9.17) is 16.3 Å². The molecule has 0 N–H and O–H groups in total. The van der Waals surface area contributed by atoms with Crippen LogP contribution in [-0.2, 0) is 12.5 Å². The molecule has 0 heterocycles. The standard InChI is InChI=1S/C15H13ClFNO3/c1-10-2-5-15(12(6-10)8-16)21-9-11-3-4-14(18(19)20)13(17)7-11/h2-7H,8-9H2,1H3. The molecule has 2 rings (SSSR count). The Morgan fingerprint density at radius 2 is 2.05 bits per heavy atom. The fourth-order valence-electron chi connectivity index (χ4n) is 1.90. The van der Waals surface area contributed by atoms with Crippen LogP contribution in [0.2, 0.25) is 0 Å². The average molecular weight is 310 g/mol. The first kappa shape index (κ1) is 15.3. The lowest BCUT2D eigenvalue weighted by molar-refractivity contribution is -0.387. The van der Waals surface area contributed by atoms with Gasteiger partial charge in [-0.2, -0.15) is 4.39 Å². The zero-order valence-corrected chi connectivity index (χ0v) is 12.1. The summed E-state index contributed by atoms with van der Waals surface area (Å²) in [5.41, 5.74) is 1.88. The monoisotopic (exact) mass is 309 g/mol. The van der Waals surface area contributed by atoms with Crippen molar-refractivity contribution in [2.45, 2.75) is 19.4 Å². The van der Waals surface area contributed by atoms with E-state index in [9.17, 15) is 14.5 Å². The molecular formula is C15H13ClFNO3. The SMILES string of the molecule is Cc1ccc(OCc2ccc([N+](=O)[O-])c(F)c2)c(CCl)c1. The Morgan fingerprint density at radius 1 is 1.29 bits per heavy atom. The maximum absolute atomic E-state index is 13.5. The maximum atomic E-state index is 13.5. The molecule has 0 aliphatic carbocycles. The number of nitrogens with zero attached hydrogens (tertiary/aromatic N) is 1. The summed E-state index contributed by atoms with van der Waals surface area (Å²) in [6.45, 7) is 2.06. The largest absolute Gasteiger partial charge is 0.489 e. The molecule has 0 aromatic heterocycles. The van der Waals surface area contributed by atoms with Gasteiger partial charge in [-0.15, -0.1) is 11.6 Å². The van der Waals surface area contributed by atoms with Crippen molar-refractivity contribution >= 4 is 17.3 Å². The average Bonchev–Trinajstić information content (AvgIpc) is 2.45. The molecule has 0 atom stereocenters. The summed E-state index contributed by atoms with van der Waals surface area (Å²) in [4.78, 5) is 9.79. The molecule has 2 aromatic carbocycles. The maximum Gasteiger partial charge on any atom is 0.304 e. The molecule has 0 fully saturated rings. The lowest BCUT2D eigenvalue weighted by Gasteiger charge is -2.11. The van der Waals surface area contributed by atoms with Gasteiger partial charge >= 0.3 is 5.69 Å². The third-order valence-electron chi connectivity index (χ3n) is 2.96. The highest BCUT2D eigenvalue weighted by Crippen LogP contribution is 2.24. The number of nitro groups is 1. The van der Waals surface area contributed by atoms with E-state index in [1.165, 1.54) is 6.07 Å². The molecule has 0 aliphatic heterocycles. The van der Waals surface area contributed by atoms with Crippen LogP contribution in [0.3, 0.4) is 0 Å². The Morgan fingerprint density at radius 3 is 2.67 bits per heavy atom. The van der Waals surface area contributed by atoms with Crippen LogP contribution in [0.1, 0.15) is 16.7 Å². The molecule has 0 aliphatic rings. The topological polar surface area (TPSA) is 52.4 Å². The first-order chi connectivity index (χ1) is 10.0. The Balaban J connectivity index is 2.13. The second-order valence-corrected chi connectivity index (χ2v) is 4.84. The summed E-state index contributed by atoms with van der Waals surface area (Å²) < 4.78 is 19.1. The first-order valence-corrected chi connectivity index (χ1v) is 6.76. The van der Waals surface area contributed by atoms with Crippen LogP contribution >= 0.6 is 11.6 Å². The number of alkyl halides is 1. The van der Waals surface area contributed by atoms with Crippen molar-refractivity contribution in [3.8, 4) is 5.75 Å². The number of aryl methyl sites for hydroxylation is 1. The van der Waals surface area contributed by atoms with E-state index in [-0.39, 0.29) is 6.61 Å². The van der Waals surface area contributed by atoms with Crippen molar-refractivity contribution in [2.24, 2.45) is 0 Å². The number of hydrogen-bond donors (Lipinski definition) is 0. The predicted molar refractivity (Wildman–Crippen MR) is 78.1 cm³/mol. The Hall–Kier alpha value is -2.14. The van der Waals surface area contributed by atoms with Crippen molar-refractivity contribution in [2.75, 3.05) is 0 Å². The smallest absolute Gasteiger partial charge is 0.304 e. The van der Waals surface area contributed by atoms with Crippen LogP contribution in [0.5, 0.6) is 5.75 Å². The van der Waals surface area contributed by atoms with Gasteiger partial charge in [0.1, 0.15) is 12.4 Å². The number of rotatable bonds is 5. The summed E-state index contributed by atoms with van der Waals surface area (Å²) in [5, 5.41) is 10.5. The minimum atomic E-state index is -0.873. The summed E-state index contributed by atoms with van der Waals surface area (Å²) in [6, 6.07) is 9.31. The van der Waals surface area contributed by atoms with Gasteiger partial charge in [-0.3, -0.25) is 10.1 Å². The predicted octanol–water partition coefficient (Wildman–Crippen LogP) is 4.36. The van der Waals surface area contributed by atoms with Gasteiger partial charge in [0.15, 0.2) is 0 Å². The number of halogens is 2. The van der Waals surface area contributed by atoms with Crippen LogP contribution in [0.25, 0.3) is 0 Å². The summed E-state index contributed by atoms with van der Waals surface area (Å²) in [5.74, 6) is 0.0583. The molecule has 2 aromatic rings. The lowest BCUT2D eigenvalue weighted by Crippen LogP contribution is -2.00. The molecule has 0 radical (unpaired) electrons. The molecule has 4 nitrogen and oxygen atoms in total. The highest BCUT2D eigenvalue weighted by molar-refractivity contribution is 6.17. The molecule has 0 unspecified atom stereocenters. The van der Waals surface area contributed by atoms with E-state index in [1.54, 1.807) is 6.07 Å². The van der Waals surface area contributed by atoms with Crippen molar-refractivity contribution in [1.29, 1.82) is 0 Å². The van der Waals surface area contributed by atoms with E-state index >= 15 is 0 Å². The normalized spacial score (nSPS) is 10.4. The third kappa shape index (κ3) is 3.70. The van der Waals surface area contributed by atoms with Gasteiger partial charge in [0.2, 0.25) is 5.82 Å². The van der Waals surface area contributed by atoms with Crippen LogP contribution < -0.4 is 4.74 Å². The van der Waals surface area contributed by atoms with Crippen LogP contribution in [0.4, 0.5) is 10.1 Å². The molecular weight excluding hydrogens is 297 g/mol. The number of hydrogen-bond acceptors (Lipinski definition) is 3. The molecule has 0 amide bonds. The zero-order chi connectivity index (χ0) is 15.4. The summed E-state index contributed by atoms with van der Waals surface area (Å²) in [7, 11) is 0. The fourth-order valence-corrected chi connectivity index (χ4v) is 2.11. The second kappa shape index (κ2) is 6.54. The highest BCUT2D eigenvalue weighted by Gasteiger charge is 2.14. The molecule has 6 heteroatoms. The van der Waals surface area contributed by atoms with Crippen molar-refractivity contribution in [3.05, 3.63) is 69.0 Å². The number of nitro benzene ring substituents is 1. The molecule has 110 valence electrons. The fraction of sp³-hybridized carbons (Fsp3) is 0.200. The molecule has 0 saturated heterocycles. The van der Waals surface area contributed by atoms with E-state index in [1.807, 2.05) is 19.1 Å². The van der Waals surface area contributed by atoms with Crippen LogP contribution in [0, 0.1) is 22.9 Å². The minimum absolute atomic E-state index is 0.113.